The predicted molar refractivity (Wildman–Crippen MR) is 65.2 cm³/mol. The molecular weight excluding hydrogens is 242 g/mol. The van der Waals surface area contributed by atoms with Crippen molar-refractivity contribution in [2.45, 2.75) is 13.3 Å². The van der Waals surface area contributed by atoms with Gasteiger partial charge < -0.3 is 4.74 Å². The molecule has 0 saturated heterocycles. The van der Waals surface area contributed by atoms with Gasteiger partial charge in [0.25, 0.3) is 0 Å². The van der Waals surface area contributed by atoms with Crippen LogP contribution >= 0.6 is 0 Å². The van der Waals surface area contributed by atoms with Crippen LogP contribution in [0.25, 0.3) is 0 Å². The van der Waals surface area contributed by atoms with Crippen LogP contribution in [0.2, 0.25) is 0 Å². The monoisotopic (exact) mass is 257 g/mol. The number of nitrogens with one attached hydrogen (secondary N) is 1. The van der Waals surface area contributed by atoms with E-state index in [2.05, 4.69) is 4.72 Å². The molecule has 0 spiro atoms. The second-order valence-electron chi connectivity index (χ2n) is 3.51. The molecule has 6 heteroatoms. The first-order valence-corrected chi connectivity index (χ1v) is 7.03. The molecule has 0 heterocycles. The molecule has 0 atom stereocenters. The summed E-state index contributed by atoms with van der Waals surface area (Å²) in [4.78, 5) is 11.3. The molecule has 94 valence electrons. The molecule has 0 aliphatic carbocycles. The molecule has 1 aromatic carbocycles. The van der Waals surface area contributed by atoms with Gasteiger partial charge in [0, 0.05) is 0 Å². The molecule has 0 radical (unpaired) electrons. The van der Waals surface area contributed by atoms with E-state index in [9.17, 15) is 13.2 Å². The third-order valence-corrected chi connectivity index (χ3v) is 2.54. The fourth-order valence-electron chi connectivity index (χ4n) is 1.34. The van der Waals surface area contributed by atoms with Crippen LogP contribution in [-0.4, -0.2) is 27.2 Å². The fourth-order valence-corrected chi connectivity index (χ4v) is 1.94. The summed E-state index contributed by atoms with van der Waals surface area (Å²) in [6.07, 6.45) is 1.11. The first-order chi connectivity index (χ1) is 7.92. The number of hydrogen-bond donors (Lipinski definition) is 1. The molecule has 0 fully saturated rings. The van der Waals surface area contributed by atoms with Crippen molar-refractivity contribution in [1.82, 2.24) is 0 Å². The molecule has 0 aliphatic heterocycles. The van der Waals surface area contributed by atoms with Crippen LogP contribution < -0.4 is 4.72 Å². The molecule has 0 amide bonds. The van der Waals surface area contributed by atoms with Crippen molar-refractivity contribution >= 4 is 21.7 Å². The topological polar surface area (TPSA) is 72.5 Å². The largest absolute Gasteiger partial charge is 0.466 e. The van der Waals surface area contributed by atoms with Crippen molar-refractivity contribution in [3.8, 4) is 0 Å². The van der Waals surface area contributed by atoms with Crippen LogP contribution in [0.1, 0.15) is 12.5 Å². The van der Waals surface area contributed by atoms with Gasteiger partial charge in [0.15, 0.2) is 0 Å². The van der Waals surface area contributed by atoms with Crippen molar-refractivity contribution in [2.24, 2.45) is 0 Å². The number of esters is 1. The second kappa shape index (κ2) is 5.67. The van der Waals surface area contributed by atoms with Gasteiger partial charge in [-0.2, -0.15) is 0 Å². The third-order valence-electron chi connectivity index (χ3n) is 1.95. The molecule has 0 bridgehead atoms. The van der Waals surface area contributed by atoms with Crippen LogP contribution in [0, 0.1) is 0 Å². The molecule has 0 aliphatic rings. The van der Waals surface area contributed by atoms with Gasteiger partial charge in [0.1, 0.15) is 0 Å². The van der Waals surface area contributed by atoms with E-state index in [1.165, 1.54) is 0 Å². The number of anilines is 1. The highest BCUT2D eigenvalue weighted by molar-refractivity contribution is 7.92. The average molecular weight is 257 g/mol. The SMILES string of the molecule is CCOC(=O)Cc1ccccc1NS(C)(=O)=O. The summed E-state index contributed by atoms with van der Waals surface area (Å²) in [6.45, 7) is 2.03. The highest BCUT2D eigenvalue weighted by Crippen LogP contribution is 2.17. The molecule has 0 saturated carbocycles. The quantitative estimate of drug-likeness (QED) is 0.803. The van der Waals surface area contributed by atoms with Crippen molar-refractivity contribution < 1.29 is 17.9 Å². The minimum Gasteiger partial charge on any atom is -0.466 e. The zero-order valence-corrected chi connectivity index (χ0v) is 10.6. The number of hydrogen-bond acceptors (Lipinski definition) is 4. The molecule has 1 rings (SSSR count). The zero-order chi connectivity index (χ0) is 12.9. The average Bonchev–Trinajstić information content (AvgIpc) is 2.19. The van der Waals surface area contributed by atoms with Gasteiger partial charge in [-0.15, -0.1) is 0 Å². The molecule has 1 N–H and O–H groups in total. The Labute approximate surface area is 101 Å². The normalized spacial score (nSPS) is 10.9. The summed E-state index contributed by atoms with van der Waals surface area (Å²) in [5.41, 5.74) is 0.999. The zero-order valence-electron chi connectivity index (χ0n) is 9.76. The number of para-hydroxylation sites is 1. The van der Waals surface area contributed by atoms with E-state index in [0.29, 0.717) is 17.9 Å². The Morgan fingerprint density at radius 2 is 2.00 bits per heavy atom. The Hall–Kier alpha value is -1.56. The standard InChI is InChI=1S/C11H15NO4S/c1-3-16-11(13)8-9-6-4-5-7-10(9)12-17(2,14)15/h4-7,12H,3,8H2,1-2H3. The molecule has 1 aromatic rings. The van der Waals surface area contributed by atoms with Crippen molar-refractivity contribution in [3.05, 3.63) is 29.8 Å². The van der Waals surface area contributed by atoms with Gasteiger partial charge in [-0.05, 0) is 18.6 Å². The maximum atomic E-state index is 11.3. The molecular formula is C11H15NO4S. The van der Waals surface area contributed by atoms with Gasteiger partial charge in [-0.25, -0.2) is 8.42 Å². The van der Waals surface area contributed by atoms with E-state index >= 15 is 0 Å². The van der Waals surface area contributed by atoms with Crippen LogP contribution in [0.4, 0.5) is 5.69 Å². The summed E-state index contributed by atoms with van der Waals surface area (Å²) in [6, 6.07) is 6.73. The molecule has 5 nitrogen and oxygen atoms in total. The number of carbonyl (C=O) groups excluding carboxylic acids is 1. The van der Waals surface area contributed by atoms with Crippen LogP contribution in [0.5, 0.6) is 0 Å². The van der Waals surface area contributed by atoms with E-state index < -0.39 is 10.0 Å². The lowest BCUT2D eigenvalue weighted by Gasteiger charge is -2.09. The fraction of sp³-hybridized carbons (Fsp3) is 0.364. The summed E-state index contributed by atoms with van der Waals surface area (Å²) < 4.78 is 29.5. The van der Waals surface area contributed by atoms with Gasteiger partial charge in [0.05, 0.1) is 25.0 Å². The summed E-state index contributed by atoms with van der Waals surface area (Å²) in [5, 5.41) is 0. The predicted octanol–water partition coefficient (Wildman–Crippen LogP) is 1.16. The van der Waals surface area contributed by atoms with E-state index in [0.717, 1.165) is 6.26 Å². The highest BCUT2D eigenvalue weighted by atomic mass is 32.2. The van der Waals surface area contributed by atoms with Crippen LogP contribution in [0.15, 0.2) is 24.3 Å². The second-order valence-corrected chi connectivity index (χ2v) is 5.26. The van der Waals surface area contributed by atoms with E-state index in [-0.39, 0.29) is 12.4 Å². The van der Waals surface area contributed by atoms with E-state index in [1.54, 1.807) is 31.2 Å². The van der Waals surface area contributed by atoms with Crippen molar-refractivity contribution in [1.29, 1.82) is 0 Å². The number of carbonyl (C=O) groups is 1. The van der Waals surface area contributed by atoms with Gasteiger partial charge in [-0.3, -0.25) is 9.52 Å². The number of rotatable bonds is 5. The maximum absolute atomic E-state index is 11.3. The van der Waals surface area contributed by atoms with Gasteiger partial charge >= 0.3 is 5.97 Å². The molecule has 17 heavy (non-hydrogen) atoms. The summed E-state index contributed by atoms with van der Waals surface area (Å²) >= 11 is 0. The minimum atomic E-state index is -3.35. The highest BCUT2D eigenvalue weighted by Gasteiger charge is 2.10. The Balaban J connectivity index is 2.88. The van der Waals surface area contributed by atoms with E-state index in [1.807, 2.05) is 0 Å². The van der Waals surface area contributed by atoms with Crippen LogP contribution in [0.3, 0.4) is 0 Å². The first kappa shape index (κ1) is 13.5. The first-order valence-electron chi connectivity index (χ1n) is 5.13. The van der Waals surface area contributed by atoms with Gasteiger partial charge in [0.2, 0.25) is 10.0 Å². The Morgan fingerprint density at radius 3 is 2.59 bits per heavy atom. The summed E-state index contributed by atoms with van der Waals surface area (Å²) in [7, 11) is -3.35. The summed E-state index contributed by atoms with van der Waals surface area (Å²) in [5.74, 6) is -0.379. The number of ether oxygens (including phenoxy) is 1. The Bertz CT molecular complexity index is 496. The lowest BCUT2D eigenvalue weighted by Crippen LogP contribution is -2.14. The number of sulfonamides is 1. The number of benzene rings is 1. The molecule has 0 aromatic heterocycles. The minimum absolute atomic E-state index is 0.0481. The van der Waals surface area contributed by atoms with Crippen LogP contribution in [-0.2, 0) is 26.0 Å². The van der Waals surface area contributed by atoms with Crippen molar-refractivity contribution in [2.75, 3.05) is 17.6 Å². The van der Waals surface area contributed by atoms with E-state index in [4.69, 9.17) is 4.74 Å². The van der Waals surface area contributed by atoms with Crippen molar-refractivity contribution in [3.63, 3.8) is 0 Å². The maximum Gasteiger partial charge on any atom is 0.310 e. The lowest BCUT2D eigenvalue weighted by molar-refractivity contribution is -0.142. The Morgan fingerprint density at radius 1 is 1.35 bits per heavy atom. The third kappa shape index (κ3) is 4.86. The molecule has 0 unspecified atom stereocenters. The van der Waals surface area contributed by atoms with Gasteiger partial charge in [-0.1, -0.05) is 18.2 Å². The smallest absolute Gasteiger partial charge is 0.310 e. The lowest BCUT2D eigenvalue weighted by atomic mass is 10.1. The Kier molecular flexibility index (Phi) is 4.51.